The fraction of sp³-hybridized carbons (Fsp3) is 0.588. The van der Waals surface area contributed by atoms with Crippen molar-refractivity contribution in [3.8, 4) is 0 Å². The van der Waals surface area contributed by atoms with Crippen LogP contribution < -0.4 is 5.32 Å². The van der Waals surface area contributed by atoms with E-state index in [1.54, 1.807) is 0 Å². The molecule has 19 heavy (non-hydrogen) atoms. The van der Waals surface area contributed by atoms with Crippen molar-refractivity contribution in [3.05, 3.63) is 29.8 Å². The Labute approximate surface area is 117 Å². The van der Waals surface area contributed by atoms with E-state index >= 15 is 0 Å². The summed E-state index contributed by atoms with van der Waals surface area (Å²) in [6.45, 7) is 8.60. The van der Waals surface area contributed by atoms with E-state index in [4.69, 9.17) is 4.99 Å². The lowest BCUT2D eigenvalue weighted by Gasteiger charge is -2.37. The average Bonchev–Trinajstić information content (AvgIpc) is 2.94. The van der Waals surface area contributed by atoms with Gasteiger partial charge in [-0.1, -0.05) is 39.0 Å². The largest absolute Gasteiger partial charge is 0.317 e. The Kier molecular flexibility index (Phi) is 4.76. The van der Waals surface area contributed by atoms with Crippen LogP contribution in [0.25, 0.3) is 0 Å². The van der Waals surface area contributed by atoms with Crippen molar-refractivity contribution < 1.29 is 0 Å². The minimum absolute atomic E-state index is 0.365. The Morgan fingerprint density at radius 2 is 1.84 bits per heavy atom. The Morgan fingerprint density at radius 3 is 2.47 bits per heavy atom. The van der Waals surface area contributed by atoms with E-state index in [0.29, 0.717) is 5.41 Å². The quantitative estimate of drug-likeness (QED) is 0.847. The molecule has 1 N–H and O–H groups in total. The van der Waals surface area contributed by atoms with Gasteiger partial charge in [-0.15, -0.1) is 0 Å². The first-order valence-electron chi connectivity index (χ1n) is 7.71. The Bertz CT molecular complexity index is 442. The molecule has 2 heteroatoms. The van der Waals surface area contributed by atoms with Gasteiger partial charge in [-0.3, -0.25) is 4.99 Å². The SMILES string of the molecule is CC.CCC1(C2=Nc3ccccc3C2)CCNCC1. The van der Waals surface area contributed by atoms with Gasteiger partial charge in [0.2, 0.25) is 0 Å². The molecule has 1 saturated heterocycles. The van der Waals surface area contributed by atoms with Crippen molar-refractivity contribution in [2.24, 2.45) is 10.4 Å². The molecule has 0 radical (unpaired) electrons. The molecular weight excluding hydrogens is 232 g/mol. The fourth-order valence-electron chi connectivity index (χ4n) is 3.19. The lowest BCUT2D eigenvalue weighted by atomic mass is 9.71. The molecule has 104 valence electrons. The number of hydrogen-bond acceptors (Lipinski definition) is 2. The summed E-state index contributed by atoms with van der Waals surface area (Å²) in [6, 6.07) is 8.58. The minimum atomic E-state index is 0.365. The van der Waals surface area contributed by atoms with Crippen LogP contribution in [-0.2, 0) is 6.42 Å². The highest BCUT2D eigenvalue weighted by atomic mass is 14.9. The van der Waals surface area contributed by atoms with Crippen LogP contribution in [0.4, 0.5) is 5.69 Å². The summed E-state index contributed by atoms with van der Waals surface area (Å²) < 4.78 is 0. The van der Waals surface area contributed by atoms with Gasteiger partial charge in [0, 0.05) is 17.5 Å². The van der Waals surface area contributed by atoms with Crippen LogP contribution in [0.1, 0.15) is 45.6 Å². The van der Waals surface area contributed by atoms with Crippen molar-refractivity contribution in [3.63, 3.8) is 0 Å². The topological polar surface area (TPSA) is 24.4 Å². The Balaban J connectivity index is 0.000000637. The van der Waals surface area contributed by atoms with E-state index < -0.39 is 0 Å². The number of nitrogens with one attached hydrogen (secondary N) is 1. The molecule has 0 atom stereocenters. The van der Waals surface area contributed by atoms with Gasteiger partial charge >= 0.3 is 0 Å². The van der Waals surface area contributed by atoms with Crippen LogP contribution >= 0.6 is 0 Å². The monoisotopic (exact) mass is 258 g/mol. The van der Waals surface area contributed by atoms with Crippen molar-refractivity contribution in [1.29, 1.82) is 0 Å². The second-order valence-electron chi connectivity index (χ2n) is 5.25. The first-order valence-corrected chi connectivity index (χ1v) is 7.71. The van der Waals surface area contributed by atoms with Crippen LogP contribution in [0.3, 0.4) is 0 Å². The fourth-order valence-corrected chi connectivity index (χ4v) is 3.19. The average molecular weight is 258 g/mol. The van der Waals surface area contributed by atoms with Crippen LogP contribution in [-0.4, -0.2) is 18.8 Å². The number of rotatable bonds is 2. The molecule has 0 aromatic heterocycles. The van der Waals surface area contributed by atoms with E-state index in [1.165, 1.54) is 36.2 Å². The molecular formula is C17H26N2. The highest BCUT2D eigenvalue weighted by Crippen LogP contribution is 2.40. The minimum Gasteiger partial charge on any atom is -0.317 e. The van der Waals surface area contributed by atoms with Crippen LogP contribution in [0.5, 0.6) is 0 Å². The number of benzene rings is 1. The number of nitrogens with zero attached hydrogens (tertiary/aromatic N) is 1. The number of hydrogen-bond donors (Lipinski definition) is 1. The summed E-state index contributed by atoms with van der Waals surface area (Å²) in [5.74, 6) is 0. The highest BCUT2D eigenvalue weighted by molar-refractivity contribution is 5.98. The van der Waals surface area contributed by atoms with Crippen molar-refractivity contribution in [2.75, 3.05) is 13.1 Å². The second-order valence-corrected chi connectivity index (χ2v) is 5.25. The van der Waals surface area contributed by atoms with Gasteiger partial charge in [0.05, 0.1) is 5.69 Å². The van der Waals surface area contributed by atoms with Gasteiger partial charge in [-0.25, -0.2) is 0 Å². The van der Waals surface area contributed by atoms with E-state index in [1.807, 2.05) is 13.8 Å². The standard InChI is InChI=1S/C15H20N2.C2H6/c1-2-15(7-9-16-10-8-15)14-11-12-5-3-4-6-13(12)17-14;1-2/h3-6,16H,2,7-11H2,1H3;1-2H3. The van der Waals surface area contributed by atoms with E-state index in [0.717, 1.165) is 19.5 Å². The number of para-hydroxylation sites is 1. The summed E-state index contributed by atoms with van der Waals surface area (Å²) >= 11 is 0. The van der Waals surface area contributed by atoms with Crippen LogP contribution in [0, 0.1) is 5.41 Å². The zero-order chi connectivity index (χ0) is 13.7. The lowest BCUT2D eigenvalue weighted by molar-refractivity contribution is 0.287. The first kappa shape index (κ1) is 14.3. The zero-order valence-corrected chi connectivity index (χ0v) is 12.5. The highest BCUT2D eigenvalue weighted by Gasteiger charge is 2.37. The number of aliphatic imine (C=N–C) groups is 1. The Morgan fingerprint density at radius 1 is 1.16 bits per heavy atom. The first-order chi connectivity index (χ1) is 9.34. The molecule has 0 amide bonds. The zero-order valence-electron chi connectivity index (χ0n) is 12.5. The molecule has 2 nitrogen and oxygen atoms in total. The number of piperidine rings is 1. The lowest BCUT2D eigenvalue weighted by Crippen LogP contribution is -2.41. The molecule has 2 aliphatic rings. The molecule has 0 unspecified atom stereocenters. The van der Waals surface area contributed by atoms with E-state index in [-0.39, 0.29) is 0 Å². The van der Waals surface area contributed by atoms with Crippen LogP contribution in [0.15, 0.2) is 29.3 Å². The van der Waals surface area contributed by atoms with Gasteiger partial charge in [0.1, 0.15) is 0 Å². The molecule has 2 heterocycles. The molecule has 1 fully saturated rings. The van der Waals surface area contributed by atoms with Gasteiger partial charge in [-0.05, 0) is 44.0 Å². The molecule has 1 aromatic rings. The number of fused-ring (bicyclic) bond motifs is 1. The van der Waals surface area contributed by atoms with Gasteiger partial charge in [0.25, 0.3) is 0 Å². The summed E-state index contributed by atoms with van der Waals surface area (Å²) in [5.41, 5.74) is 4.41. The molecule has 0 bridgehead atoms. The molecule has 3 rings (SSSR count). The summed E-state index contributed by atoms with van der Waals surface area (Å²) in [4.78, 5) is 4.91. The maximum Gasteiger partial charge on any atom is 0.0665 e. The predicted molar refractivity (Wildman–Crippen MR) is 83.4 cm³/mol. The maximum atomic E-state index is 4.91. The third kappa shape index (κ3) is 2.74. The van der Waals surface area contributed by atoms with E-state index in [2.05, 4.69) is 36.5 Å². The van der Waals surface area contributed by atoms with Gasteiger partial charge in [-0.2, -0.15) is 0 Å². The third-order valence-corrected chi connectivity index (χ3v) is 4.45. The molecule has 0 spiro atoms. The third-order valence-electron chi connectivity index (χ3n) is 4.45. The van der Waals surface area contributed by atoms with Crippen molar-refractivity contribution in [2.45, 2.75) is 46.5 Å². The molecule has 1 aromatic carbocycles. The molecule has 0 saturated carbocycles. The van der Waals surface area contributed by atoms with E-state index in [9.17, 15) is 0 Å². The molecule has 2 aliphatic heterocycles. The van der Waals surface area contributed by atoms with Crippen molar-refractivity contribution in [1.82, 2.24) is 5.32 Å². The van der Waals surface area contributed by atoms with Gasteiger partial charge in [0.15, 0.2) is 0 Å². The van der Waals surface area contributed by atoms with Gasteiger partial charge < -0.3 is 5.32 Å². The van der Waals surface area contributed by atoms with Crippen LogP contribution in [0.2, 0.25) is 0 Å². The molecule has 0 aliphatic carbocycles. The summed E-state index contributed by atoms with van der Waals surface area (Å²) in [7, 11) is 0. The Hall–Kier alpha value is -1.15. The summed E-state index contributed by atoms with van der Waals surface area (Å²) in [5, 5.41) is 3.46. The summed E-state index contributed by atoms with van der Waals surface area (Å²) in [6.07, 6.45) is 4.79. The maximum absolute atomic E-state index is 4.91. The smallest absolute Gasteiger partial charge is 0.0665 e. The van der Waals surface area contributed by atoms with Crippen molar-refractivity contribution >= 4 is 11.4 Å². The normalized spacial score (nSPS) is 20.1. The second kappa shape index (κ2) is 6.33. The predicted octanol–water partition coefficient (Wildman–Crippen LogP) is 4.12.